The van der Waals surface area contributed by atoms with Gasteiger partial charge in [0.1, 0.15) is 5.82 Å². The second-order valence-corrected chi connectivity index (χ2v) is 4.09. The van der Waals surface area contributed by atoms with Crippen molar-refractivity contribution in [1.29, 1.82) is 0 Å². The number of aromatic nitrogens is 1. The number of nitrogens with one attached hydrogen (secondary N) is 1. The Kier molecular flexibility index (Phi) is 3.99. The number of rotatable bonds is 4. The fraction of sp³-hybridized carbons (Fsp3) is 0.154. The molecule has 0 atom stereocenters. The van der Waals surface area contributed by atoms with Gasteiger partial charge >= 0.3 is 0 Å². The molecule has 5 heteroatoms. The van der Waals surface area contributed by atoms with Gasteiger partial charge in [-0.05, 0) is 23.8 Å². The van der Waals surface area contributed by atoms with E-state index in [1.54, 1.807) is 25.4 Å². The monoisotopic (exact) mass is 266 g/mol. The Hall–Kier alpha value is -1.81. The van der Waals surface area contributed by atoms with Gasteiger partial charge in [-0.25, -0.2) is 9.37 Å². The molecule has 0 unspecified atom stereocenters. The predicted molar refractivity (Wildman–Crippen MR) is 69.5 cm³/mol. The molecule has 18 heavy (non-hydrogen) atoms. The SMILES string of the molecule is COc1ccc(NCc2ccc(F)cc2Cl)cn1. The van der Waals surface area contributed by atoms with Crippen LogP contribution in [-0.2, 0) is 6.54 Å². The summed E-state index contributed by atoms with van der Waals surface area (Å²) in [5.41, 5.74) is 1.67. The smallest absolute Gasteiger partial charge is 0.213 e. The third kappa shape index (κ3) is 3.11. The third-order valence-corrected chi connectivity index (χ3v) is 2.80. The largest absolute Gasteiger partial charge is 0.481 e. The van der Waals surface area contributed by atoms with Crippen LogP contribution in [0.25, 0.3) is 0 Å². The van der Waals surface area contributed by atoms with E-state index in [2.05, 4.69) is 10.3 Å². The Morgan fingerprint density at radius 3 is 2.78 bits per heavy atom. The normalized spacial score (nSPS) is 10.2. The highest BCUT2D eigenvalue weighted by atomic mass is 35.5. The molecular weight excluding hydrogens is 255 g/mol. The van der Waals surface area contributed by atoms with E-state index in [4.69, 9.17) is 16.3 Å². The quantitative estimate of drug-likeness (QED) is 0.920. The zero-order valence-electron chi connectivity index (χ0n) is 9.78. The second kappa shape index (κ2) is 5.69. The van der Waals surface area contributed by atoms with Gasteiger partial charge in [0.2, 0.25) is 5.88 Å². The Bertz CT molecular complexity index is 531. The molecule has 1 N–H and O–H groups in total. The van der Waals surface area contributed by atoms with Crippen molar-refractivity contribution in [3.63, 3.8) is 0 Å². The molecule has 0 fully saturated rings. The van der Waals surface area contributed by atoms with Crippen molar-refractivity contribution in [3.8, 4) is 5.88 Å². The molecule has 0 aliphatic carbocycles. The van der Waals surface area contributed by atoms with Gasteiger partial charge in [-0.2, -0.15) is 0 Å². The average Bonchev–Trinajstić information content (AvgIpc) is 2.38. The summed E-state index contributed by atoms with van der Waals surface area (Å²) < 4.78 is 17.8. The van der Waals surface area contributed by atoms with Crippen LogP contribution in [-0.4, -0.2) is 12.1 Å². The Morgan fingerprint density at radius 1 is 1.33 bits per heavy atom. The van der Waals surface area contributed by atoms with Crippen molar-refractivity contribution < 1.29 is 9.13 Å². The van der Waals surface area contributed by atoms with Gasteiger partial charge < -0.3 is 10.1 Å². The number of benzene rings is 1. The molecule has 0 amide bonds. The Balaban J connectivity index is 2.02. The average molecular weight is 267 g/mol. The van der Waals surface area contributed by atoms with Crippen LogP contribution in [0.3, 0.4) is 0 Å². The number of nitrogens with zero attached hydrogens (tertiary/aromatic N) is 1. The minimum atomic E-state index is -0.338. The zero-order valence-corrected chi connectivity index (χ0v) is 10.5. The summed E-state index contributed by atoms with van der Waals surface area (Å²) in [6, 6.07) is 7.94. The lowest BCUT2D eigenvalue weighted by Gasteiger charge is -2.08. The first-order valence-corrected chi connectivity index (χ1v) is 5.74. The summed E-state index contributed by atoms with van der Waals surface area (Å²) in [5, 5.41) is 3.55. The molecule has 94 valence electrons. The summed E-state index contributed by atoms with van der Waals surface area (Å²) in [4.78, 5) is 4.07. The van der Waals surface area contributed by atoms with E-state index in [0.29, 0.717) is 17.4 Å². The first-order chi connectivity index (χ1) is 8.69. The van der Waals surface area contributed by atoms with Gasteiger partial charge in [-0.15, -0.1) is 0 Å². The highest BCUT2D eigenvalue weighted by Gasteiger charge is 2.02. The third-order valence-electron chi connectivity index (χ3n) is 2.44. The standard InChI is InChI=1S/C13H12ClFN2O/c1-18-13-5-4-11(8-17-13)16-7-9-2-3-10(15)6-12(9)14/h2-6,8,16H,7H2,1H3. The van der Waals surface area contributed by atoms with Gasteiger partial charge in [-0.1, -0.05) is 17.7 Å². The predicted octanol–water partition coefficient (Wildman–Crippen LogP) is 3.49. The number of halogens is 2. The molecule has 1 heterocycles. The molecule has 2 rings (SSSR count). The second-order valence-electron chi connectivity index (χ2n) is 3.68. The van der Waals surface area contributed by atoms with E-state index in [1.165, 1.54) is 12.1 Å². The van der Waals surface area contributed by atoms with Crippen molar-refractivity contribution in [2.45, 2.75) is 6.54 Å². The summed E-state index contributed by atoms with van der Waals surface area (Å²) >= 11 is 5.93. The number of hydrogen-bond donors (Lipinski definition) is 1. The summed E-state index contributed by atoms with van der Waals surface area (Å²) in [7, 11) is 1.56. The highest BCUT2D eigenvalue weighted by molar-refractivity contribution is 6.31. The van der Waals surface area contributed by atoms with Crippen molar-refractivity contribution in [1.82, 2.24) is 4.98 Å². The van der Waals surface area contributed by atoms with Crippen LogP contribution >= 0.6 is 11.6 Å². The van der Waals surface area contributed by atoms with E-state index < -0.39 is 0 Å². The summed E-state index contributed by atoms with van der Waals surface area (Å²) in [6.07, 6.45) is 1.66. The maximum absolute atomic E-state index is 12.9. The molecule has 1 aromatic heterocycles. The van der Waals surface area contributed by atoms with Gasteiger partial charge in [0.05, 0.1) is 19.0 Å². The fourth-order valence-corrected chi connectivity index (χ4v) is 1.70. The minimum Gasteiger partial charge on any atom is -0.481 e. The lowest BCUT2D eigenvalue weighted by molar-refractivity contribution is 0.398. The van der Waals surface area contributed by atoms with Crippen LogP contribution < -0.4 is 10.1 Å². The molecule has 2 aromatic rings. The first kappa shape index (κ1) is 12.6. The molecule has 3 nitrogen and oxygen atoms in total. The maximum atomic E-state index is 12.9. The van der Waals surface area contributed by atoms with Crippen LogP contribution in [0.1, 0.15) is 5.56 Å². The van der Waals surface area contributed by atoms with Crippen LogP contribution in [0.2, 0.25) is 5.02 Å². The Morgan fingerprint density at radius 2 is 2.17 bits per heavy atom. The Labute approximate surface area is 110 Å². The lowest BCUT2D eigenvalue weighted by atomic mass is 10.2. The molecule has 0 bridgehead atoms. The number of methoxy groups -OCH3 is 1. The van der Waals surface area contributed by atoms with Crippen molar-refractivity contribution >= 4 is 17.3 Å². The number of pyridine rings is 1. The number of ether oxygens (including phenoxy) is 1. The van der Waals surface area contributed by atoms with E-state index in [-0.39, 0.29) is 5.82 Å². The van der Waals surface area contributed by atoms with Gasteiger partial charge in [0.25, 0.3) is 0 Å². The summed E-state index contributed by atoms with van der Waals surface area (Å²) in [5.74, 6) is 0.218. The molecule has 0 saturated heterocycles. The fourth-order valence-electron chi connectivity index (χ4n) is 1.47. The van der Waals surface area contributed by atoms with E-state index in [9.17, 15) is 4.39 Å². The molecule has 0 aliphatic heterocycles. The van der Waals surface area contributed by atoms with E-state index in [1.807, 2.05) is 6.07 Å². The van der Waals surface area contributed by atoms with Gasteiger partial charge in [0, 0.05) is 17.6 Å². The number of hydrogen-bond acceptors (Lipinski definition) is 3. The minimum absolute atomic E-state index is 0.338. The topological polar surface area (TPSA) is 34.1 Å². The molecule has 0 aliphatic rings. The summed E-state index contributed by atoms with van der Waals surface area (Å²) in [6.45, 7) is 0.507. The number of anilines is 1. The van der Waals surface area contributed by atoms with Gasteiger partial charge in [-0.3, -0.25) is 0 Å². The lowest BCUT2D eigenvalue weighted by Crippen LogP contribution is -2.01. The van der Waals surface area contributed by atoms with E-state index in [0.717, 1.165) is 11.3 Å². The van der Waals surface area contributed by atoms with E-state index >= 15 is 0 Å². The van der Waals surface area contributed by atoms with Crippen molar-refractivity contribution in [2.75, 3.05) is 12.4 Å². The van der Waals surface area contributed by atoms with Crippen LogP contribution in [0.15, 0.2) is 36.5 Å². The van der Waals surface area contributed by atoms with Crippen LogP contribution in [0.5, 0.6) is 5.88 Å². The molecule has 0 radical (unpaired) electrons. The zero-order chi connectivity index (χ0) is 13.0. The molecular formula is C13H12ClFN2O. The molecule has 0 saturated carbocycles. The molecule has 0 spiro atoms. The first-order valence-electron chi connectivity index (χ1n) is 5.37. The highest BCUT2D eigenvalue weighted by Crippen LogP contribution is 2.19. The van der Waals surface area contributed by atoms with Crippen molar-refractivity contribution in [3.05, 3.63) is 52.9 Å². The maximum Gasteiger partial charge on any atom is 0.213 e. The molecule has 1 aromatic carbocycles. The van der Waals surface area contributed by atoms with Gasteiger partial charge in [0.15, 0.2) is 0 Å². The van der Waals surface area contributed by atoms with Crippen LogP contribution in [0, 0.1) is 5.82 Å². The van der Waals surface area contributed by atoms with Crippen LogP contribution in [0.4, 0.5) is 10.1 Å². The van der Waals surface area contributed by atoms with Crippen molar-refractivity contribution in [2.24, 2.45) is 0 Å².